The van der Waals surface area contributed by atoms with E-state index in [9.17, 15) is 14.7 Å². The number of aliphatic carboxylic acids is 1. The summed E-state index contributed by atoms with van der Waals surface area (Å²) in [6.45, 7) is 0.346. The summed E-state index contributed by atoms with van der Waals surface area (Å²) >= 11 is 11.8. The van der Waals surface area contributed by atoms with Crippen molar-refractivity contribution in [2.75, 3.05) is 6.54 Å². The van der Waals surface area contributed by atoms with Crippen molar-refractivity contribution in [1.29, 1.82) is 0 Å². The first kappa shape index (κ1) is 16.1. The average Bonchev–Trinajstić information content (AvgIpc) is 2.47. The SMILES string of the molecule is O=C(NC[C@@H]1CCCC[C@@H]1C(=O)O)c1cc(Cl)ccc1Cl. The Morgan fingerprint density at radius 2 is 1.95 bits per heavy atom. The first-order chi connectivity index (χ1) is 9.99. The Morgan fingerprint density at radius 1 is 1.24 bits per heavy atom. The number of nitrogens with one attached hydrogen (secondary N) is 1. The summed E-state index contributed by atoms with van der Waals surface area (Å²) in [6.07, 6.45) is 3.43. The second-order valence-electron chi connectivity index (χ2n) is 5.32. The fraction of sp³-hybridized carbons (Fsp3) is 0.467. The molecule has 21 heavy (non-hydrogen) atoms. The van der Waals surface area contributed by atoms with Crippen molar-refractivity contribution in [3.63, 3.8) is 0 Å². The van der Waals surface area contributed by atoms with Gasteiger partial charge < -0.3 is 10.4 Å². The van der Waals surface area contributed by atoms with Gasteiger partial charge >= 0.3 is 5.97 Å². The minimum Gasteiger partial charge on any atom is -0.481 e. The molecule has 0 saturated heterocycles. The maximum absolute atomic E-state index is 12.1. The van der Waals surface area contributed by atoms with Crippen LogP contribution in [0, 0.1) is 11.8 Å². The number of benzene rings is 1. The molecular formula is C15H17Cl2NO3. The van der Waals surface area contributed by atoms with Gasteiger partial charge in [0, 0.05) is 11.6 Å². The largest absolute Gasteiger partial charge is 0.481 e. The van der Waals surface area contributed by atoms with Crippen LogP contribution in [0.3, 0.4) is 0 Å². The number of halogens is 2. The second kappa shape index (κ2) is 7.14. The molecule has 0 unspecified atom stereocenters. The van der Waals surface area contributed by atoms with Crippen molar-refractivity contribution in [3.8, 4) is 0 Å². The summed E-state index contributed by atoms with van der Waals surface area (Å²) < 4.78 is 0. The lowest BCUT2D eigenvalue weighted by atomic mass is 9.79. The molecule has 1 fully saturated rings. The Kier molecular flexibility index (Phi) is 5.48. The molecule has 0 aromatic heterocycles. The first-order valence-corrected chi connectivity index (χ1v) is 7.70. The molecule has 1 amide bonds. The molecule has 2 N–H and O–H groups in total. The maximum atomic E-state index is 12.1. The first-order valence-electron chi connectivity index (χ1n) is 6.95. The quantitative estimate of drug-likeness (QED) is 0.886. The van der Waals surface area contributed by atoms with Crippen LogP contribution in [0.1, 0.15) is 36.0 Å². The van der Waals surface area contributed by atoms with Gasteiger partial charge in [-0.3, -0.25) is 9.59 Å². The molecule has 0 radical (unpaired) electrons. The lowest BCUT2D eigenvalue weighted by Gasteiger charge is -2.28. The van der Waals surface area contributed by atoms with Gasteiger partial charge in [-0.2, -0.15) is 0 Å². The van der Waals surface area contributed by atoms with Gasteiger partial charge in [-0.15, -0.1) is 0 Å². The molecule has 0 heterocycles. The van der Waals surface area contributed by atoms with E-state index in [1.807, 2.05) is 0 Å². The van der Waals surface area contributed by atoms with E-state index in [-0.39, 0.29) is 17.7 Å². The van der Waals surface area contributed by atoms with E-state index in [1.165, 1.54) is 6.07 Å². The molecule has 0 spiro atoms. The highest BCUT2D eigenvalue weighted by Gasteiger charge is 2.30. The summed E-state index contributed by atoms with van der Waals surface area (Å²) in [6, 6.07) is 4.69. The fourth-order valence-corrected chi connectivity index (χ4v) is 3.14. The van der Waals surface area contributed by atoms with Crippen molar-refractivity contribution >= 4 is 35.1 Å². The summed E-state index contributed by atoms with van der Waals surface area (Å²) in [5.74, 6) is -1.51. The van der Waals surface area contributed by atoms with E-state index in [4.69, 9.17) is 23.2 Å². The van der Waals surface area contributed by atoms with E-state index in [0.29, 0.717) is 28.6 Å². The third-order valence-corrected chi connectivity index (χ3v) is 4.49. The number of carbonyl (C=O) groups excluding carboxylic acids is 1. The standard InChI is InChI=1S/C15H17Cl2NO3/c16-10-5-6-13(17)12(7-10)14(19)18-8-9-3-1-2-4-11(9)15(20)21/h5-7,9,11H,1-4,8H2,(H,18,19)(H,20,21)/t9-,11-/m0/s1. The normalized spacial score (nSPS) is 21.8. The van der Waals surface area contributed by atoms with Crippen molar-refractivity contribution in [3.05, 3.63) is 33.8 Å². The van der Waals surface area contributed by atoms with Gasteiger partial charge in [-0.1, -0.05) is 36.0 Å². The second-order valence-corrected chi connectivity index (χ2v) is 6.17. The predicted octanol–water partition coefficient (Wildman–Crippen LogP) is 3.61. The Labute approximate surface area is 133 Å². The Balaban J connectivity index is 1.99. The molecule has 1 aromatic rings. The van der Waals surface area contributed by atoms with Crippen molar-refractivity contribution in [1.82, 2.24) is 5.32 Å². The maximum Gasteiger partial charge on any atom is 0.306 e. The van der Waals surface area contributed by atoms with Crippen molar-refractivity contribution in [2.24, 2.45) is 11.8 Å². The molecule has 0 aliphatic heterocycles. The van der Waals surface area contributed by atoms with Crippen LogP contribution in [-0.4, -0.2) is 23.5 Å². The molecule has 1 saturated carbocycles. The van der Waals surface area contributed by atoms with E-state index in [1.54, 1.807) is 12.1 Å². The molecule has 2 rings (SSSR count). The number of rotatable bonds is 4. The van der Waals surface area contributed by atoms with E-state index < -0.39 is 5.97 Å². The molecule has 6 heteroatoms. The molecule has 4 nitrogen and oxygen atoms in total. The van der Waals surface area contributed by atoms with Crippen LogP contribution in [0.5, 0.6) is 0 Å². The number of carbonyl (C=O) groups is 2. The topological polar surface area (TPSA) is 66.4 Å². The Bertz CT molecular complexity index is 548. The van der Waals surface area contributed by atoms with Crippen LogP contribution < -0.4 is 5.32 Å². The molecule has 1 aliphatic rings. The zero-order chi connectivity index (χ0) is 15.4. The predicted molar refractivity (Wildman–Crippen MR) is 81.9 cm³/mol. The van der Waals surface area contributed by atoms with Gasteiger partial charge in [-0.05, 0) is 37.0 Å². The van der Waals surface area contributed by atoms with Crippen LogP contribution >= 0.6 is 23.2 Å². The monoisotopic (exact) mass is 329 g/mol. The highest BCUT2D eigenvalue weighted by molar-refractivity contribution is 6.35. The van der Waals surface area contributed by atoms with Crippen molar-refractivity contribution in [2.45, 2.75) is 25.7 Å². The minimum absolute atomic E-state index is 0.0295. The lowest BCUT2D eigenvalue weighted by molar-refractivity contribution is -0.144. The number of amides is 1. The zero-order valence-corrected chi connectivity index (χ0v) is 13.0. The Hall–Kier alpha value is -1.26. The van der Waals surface area contributed by atoms with Gasteiger partial charge in [0.15, 0.2) is 0 Å². The summed E-state index contributed by atoms with van der Waals surface area (Å²) in [5.41, 5.74) is 0.312. The van der Waals surface area contributed by atoms with E-state index in [2.05, 4.69) is 5.32 Å². The van der Waals surface area contributed by atoms with Gasteiger partial charge in [0.1, 0.15) is 0 Å². The lowest BCUT2D eigenvalue weighted by Crippen LogP contribution is -2.37. The van der Waals surface area contributed by atoms with Crippen LogP contribution in [-0.2, 0) is 4.79 Å². The van der Waals surface area contributed by atoms with Crippen LogP contribution in [0.4, 0.5) is 0 Å². The van der Waals surface area contributed by atoms with Gasteiger partial charge in [0.2, 0.25) is 0 Å². The number of carboxylic acid groups (broad SMARTS) is 1. The van der Waals surface area contributed by atoms with Crippen LogP contribution in [0.2, 0.25) is 10.0 Å². The van der Waals surface area contributed by atoms with Gasteiger partial charge in [0.25, 0.3) is 5.91 Å². The highest BCUT2D eigenvalue weighted by Crippen LogP contribution is 2.30. The zero-order valence-electron chi connectivity index (χ0n) is 11.4. The number of hydrogen-bond donors (Lipinski definition) is 2. The fourth-order valence-electron chi connectivity index (χ4n) is 2.77. The third kappa shape index (κ3) is 4.11. The Morgan fingerprint density at radius 3 is 2.67 bits per heavy atom. The van der Waals surface area contributed by atoms with Crippen LogP contribution in [0.25, 0.3) is 0 Å². The molecular weight excluding hydrogens is 313 g/mol. The van der Waals surface area contributed by atoms with E-state index in [0.717, 1.165) is 19.3 Å². The highest BCUT2D eigenvalue weighted by atomic mass is 35.5. The third-order valence-electron chi connectivity index (χ3n) is 3.92. The summed E-state index contributed by atoms with van der Waals surface area (Å²) in [5, 5.41) is 12.8. The molecule has 2 atom stereocenters. The van der Waals surface area contributed by atoms with E-state index >= 15 is 0 Å². The average molecular weight is 330 g/mol. The molecule has 0 bridgehead atoms. The van der Waals surface area contributed by atoms with Gasteiger partial charge in [-0.25, -0.2) is 0 Å². The number of carboxylic acids is 1. The molecule has 1 aromatic carbocycles. The van der Waals surface area contributed by atoms with Crippen LogP contribution in [0.15, 0.2) is 18.2 Å². The molecule has 1 aliphatic carbocycles. The number of hydrogen-bond acceptors (Lipinski definition) is 2. The molecule has 114 valence electrons. The van der Waals surface area contributed by atoms with Crippen molar-refractivity contribution < 1.29 is 14.7 Å². The minimum atomic E-state index is -0.783. The summed E-state index contributed by atoms with van der Waals surface area (Å²) in [4.78, 5) is 23.4. The van der Waals surface area contributed by atoms with Gasteiger partial charge in [0.05, 0.1) is 16.5 Å². The smallest absolute Gasteiger partial charge is 0.306 e. The summed E-state index contributed by atoms with van der Waals surface area (Å²) in [7, 11) is 0.